The Kier molecular flexibility index (Phi) is 9.67. The smallest absolute Gasteiger partial charge is 0.346 e. The monoisotopic (exact) mass is 406 g/mol. The first kappa shape index (κ1) is 21.6. The molecule has 1 heterocycles. The molecule has 6 nitrogen and oxygen atoms in total. The van der Waals surface area contributed by atoms with Gasteiger partial charge in [-0.05, 0) is 24.3 Å². The van der Waals surface area contributed by atoms with E-state index in [1.165, 1.54) is 6.20 Å². The molecule has 0 fully saturated rings. The Labute approximate surface area is 162 Å². The molecular weight excluding hydrogens is 387 g/mol. The predicted molar refractivity (Wildman–Crippen MR) is 105 cm³/mol. The van der Waals surface area contributed by atoms with Crippen molar-refractivity contribution in [1.82, 2.24) is 14.9 Å². The average molecular weight is 408 g/mol. The van der Waals surface area contributed by atoms with Crippen molar-refractivity contribution in [2.24, 2.45) is 0 Å². The third-order valence-corrected chi connectivity index (χ3v) is 3.77. The Morgan fingerprint density at radius 1 is 1.24 bits per heavy atom. The molecule has 0 saturated heterocycles. The summed E-state index contributed by atoms with van der Waals surface area (Å²) in [6.07, 6.45) is 1.45. The van der Waals surface area contributed by atoms with E-state index >= 15 is 0 Å². The number of methoxy groups -OCH3 is 1. The Bertz CT molecular complexity index is 706. The minimum Gasteiger partial charge on any atom is -0.496 e. The fraction of sp³-hybridized carbons (Fsp3) is 0.375. The van der Waals surface area contributed by atoms with Gasteiger partial charge in [0.1, 0.15) is 11.6 Å². The Morgan fingerprint density at radius 3 is 2.56 bits per heavy atom. The van der Waals surface area contributed by atoms with Crippen LogP contribution in [0.3, 0.4) is 0 Å². The standard InChI is InChI=1S/C16H20Cl2N4O2.ClH/c1-24-14-3-2-13(20-15-4-7-19-16(23)21-15)10-12(14)11-22(8-5-17)9-6-18;/h2-4,7,10H,5-6,8-9,11H2,1H3,(H2,19,20,21,23);1H. The zero-order chi connectivity index (χ0) is 17.4. The lowest BCUT2D eigenvalue weighted by Crippen LogP contribution is -2.27. The van der Waals surface area contributed by atoms with Crippen LogP contribution in [0.15, 0.2) is 35.3 Å². The van der Waals surface area contributed by atoms with Crippen molar-refractivity contribution in [3.8, 4) is 5.75 Å². The average Bonchev–Trinajstić information content (AvgIpc) is 2.56. The van der Waals surface area contributed by atoms with Crippen LogP contribution in [0.2, 0.25) is 0 Å². The van der Waals surface area contributed by atoms with Crippen LogP contribution in [0.25, 0.3) is 0 Å². The first-order valence-corrected chi connectivity index (χ1v) is 8.56. The van der Waals surface area contributed by atoms with Gasteiger partial charge < -0.3 is 10.1 Å². The number of benzene rings is 1. The number of aromatic amines is 1. The van der Waals surface area contributed by atoms with Crippen molar-refractivity contribution in [3.63, 3.8) is 0 Å². The SMILES string of the molecule is COc1ccc(Nc2ccnc(=O)[nH]2)cc1CN(CCCl)CCCl.Cl. The summed E-state index contributed by atoms with van der Waals surface area (Å²) in [4.78, 5) is 19.7. The van der Waals surface area contributed by atoms with E-state index < -0.39 is 5.69 Å². The van der Waals surface area contributed by atoms with E-state index in [0.29, 0.717) is 24.1 Å². The second-order valence-electron chi connectivity index (χ2n) is 5.09. The lowest BCUT2D eigenvalue weighted by molar-refractivity contribution is 0.292. The zero-order valence-electron chi connectivity index (χ0n) is 13.8. The van der Waals surface area contributed by atoms with E-state index in [-0.39, 0.29) is 12.4 Å². The Morgan fingerprint density at radius 2 is 1.96 bits per heavy atom. The summed E-state index contributed by atoms with van der Waals surface area (Å²) in [6.45, 7) is 2.16. The summed E-state index contributed by atoms with van der Waals surface area (Å²) in [7, 11) is 1.64. The van der Waals surface area contributed by atoms with Crippen LogP contribution in [-0.2, 0) is 6.54 Å². The van der Waals surface area contributed by atoms with Crippen LogP contribution in [0, 0.1) is 0 Å². The molecule has 0 amide bonds. The molecule has 1 aromatic carbocycles. The van der Waals surface area contributed by atoms with Gasteiger partial charge in [0.2, 0.25) is 0 Å². The van der Waals surface area contributed by atoms with E-state index in [4.69, 9.17) is 27.9 Å². The quantitative estimate of drug-likeness (QED) is 0.625. The lowest BCUT2D eigenvalue weighted by atomic mass is 10.1. The molecule has 25 heavy (non-hydrogen) atoms. The maximum Gasteiger partial charge on any atom is 0.346 e. The first-order valence-electron chi connectivity index (χ1n) is 7.50. The number of hydrogen-bond donors (Lipinski definition) is 2. The number of aromatic nitrogens is 2. The van der Waals surface area contributed by atoms with Gasteiger partial charge >= 0.3 is 5.69 Å². The number of halogens is 3. The van der Waals surface area contributed by atoms with Crippen LogP contribution in [0.1, 0.15) is 5.56 Å². The van der Waals surface area contributed by atoms with Gasteiger partial charge in [-0.3, -0.25) is 9.88 Å². The van der Waals surface area contributed by atoms with Gasteiger partial charge in [-0.25, -0.2) is 9.78 Å². The van der Waals surface area contributed by atoms with Gasteiger partial charge in [-0.2, -0.15) is 0 Å². The molecule has 138 valence electrons. The molecule has 0 unspecified atom stereocenters. The molecule has 0 bridgehead atoms. The number of anilines is 2. The summed E-state index contributed by atoms with van der Waals surface area (Å²) < 4.78 is 5.44. The van der Waals surface area contributed by atoms with Gasteiger partial charge in [-0.1, -0.05) is 0 Å². The Hall–Kier alpha value is -1.47. The van der Waals surface area contributed by atoms with Gasteiger partial charge in [0, 0.05) is 48.8 Å². The number of H-pyrrole nitrogens is 1. The number of ether oxygens (including phenoxy) is 1. The molecule has 2 aromatic rings. The van der Waals surface area contributed by atoms with Crippen LogP contribution in [-0.4, -0.2) is 46.8 Å². The van der Waals surface area contributed by atoms with Gasteiger partial charge in [-0.15, -0.1) is 35.6 Å². The molecule has 2 N–H and O–H groups in total. The maximum absolute atomic E-state index is 11.3. The minimum absolute atomic E-state index is 0. The largest absolute Gasteiger partial charge is 0.496 e. The predicted octanol–water partition coefficient (Wildman–Crippen LogP) is 3.22. The van der Waals surface area contributed by atoms with Gasteiger partial charge in [0.15, 0.2) is 0 Å². The van der Waals surface area contributed by atoms with Crippen LogP contribution in [0.4, 0.5) is 11.5 Å². The van der Waals surface area contributed by atoms with Crippen molar-refractivity contribution in [2.45, 2.75) is 6.54 Å². The highest BCUT2D eigenvalue weighted by atomic mass is 35.5. The van der Waals surface area contributed by atoms with E-state index in [9.17, 15) is 4.79 Å². The van der Waals surface area contributed by atoms with Crippen molar-refractivity contribution in [2.75, 3.05) is 37.3 Å². The molecule has 0 aliphatic carbocycles. The molecule has 2 rings (SSSR count). The molecule has 0 spiro atoms. The topological polar surface area (TPSA) is 70.2 Å². The maximum atomic E-state index is 11.3. The highest BCUT2D eigenvalue weighted by Crippen LogP contribution is 2.25. The minimum atomic E-state index is -0.399. The molecule has 0 saturated carbocycles. The van der Waals surface area contributed by atoms with Gasteiger partial charge in [0.25, 0.3) is 0 Å². The number of alkyl halides is 2. The summed E-state index contributed by atoms with van der Waals surface area (Å²) >= 11 is 11.7. The molecule has 1 aromatic heterocycles. The summed E-state index contributed by atoms with van der Waals surface area (Å²) in [5.41, 5.74) is 1.45. The third-order valence-electron chi connectivity index (χ3n) is 3.43. The summed E-state index contributed by atoms with van der Waals surface area (Å²) in [6, 6.07) is 7.44. The highest BCUT2D eigenvalue weighted by molar-refractivity contribution is 6.18. The normalized spacial score (nSPS) is 10.4. The van der Waals surface area contributed by atoms with Crippen LogP contribution >= 0.6 is 35.6 Å². The van der Waals surface area contributed by atoms with Crippen LogP contribution in [0.5, 0.6) is 5.75 Å². The second-order valence-corrected chi connectivity index (χ2v) is 5.85. The molecule has 0 aliphatic rings. The van der Waals surface area contributed by atoms with Crippen molar-refractivity contribution in [1.29, 1.82) is 0 Å². The molecule has 0 atom stereocenters. The van der Waals surface area contributed by atoms with Crippen molar-refractivity contribution < 1.29 is 4.74 Å². The van der Waals surface area contributed by atoms with Gasteiger partial charge in [0.05, 0.1) is 7.11 Å². The summed E-state index contributed by atoms with van der Waals surface area (Å²) in [5, 5.41) is 3.15. The fourth-order valence-corrected chi connectivity index (χ4v) is 2.80. The molecule has 0 aliphatic heterocycles. The third kappa shape index (κ3) is 6.74. The van der Waals surface area contributed by atoms with Crippen molar-refractivity contribution >= 4 is 47.1 Å². The van der Waals surface area contributed by atoms with Crippen LogP contribution < -0.4 is 15.7 Å². The lowest BCUT2D eigenvalue weighted by Gasteiger charge is -2.22. The number of nitrogens with zero attached hydrogens (tertiary/aromatic N) is 2. The second kappa shape index (κ2) is 11.2. The zero-order valence-corrected chi connectivity index (χ0v) is 16.1. The fourth-order valence-electron chi connectivity index (χ4n) is 2.33. The first-order chi connectivity index (χ1) is 11.7. The van der Waals surface area contributed by atoms with Crippen molar-refractivity contribution in [3.05, 3.63) is 46.5 Å². The molecule has 0 radical (unpaired) electrons. The molecular formula is C16H21Cl3N4O2. The van der Waals surface area contributed by atoms with E-state index in [0.717, 1.165) is 30.1 Å². The number of rotatable bonds is 9. The molecule has 9 heteroatoms. The van der Waals surface area contributed by atoms with E-state index in [2.05, 4.69) is 20.2 Å². The van der Waals surface area contributed by atoms with E-state index in [1.54, 1.807) is 13.2 Å². The van der Waals surface area contributed by atoms with E-state index in [1.807, 2.05) is 18.2 Å². The highest BCUT2D eigenvalue weighted by Gasteiger charge is 2.10. The number of nitrogens with one attached hydrogen (secondary N) is 2. The number of hydrogen-bond acceptors (Lipinski definition) is 5. The summed E-state index contributed by atoms with van der Waals surface area (Å²) in [5.74, 6) is 2.44. The Balaban J connectivity index is 0.00000312.